The number of halogens is 1. The second-order valence-corrected chi connectivity index (χ2v) is 5.45. The molecular formula is C21H20BrNO3. The maximum absolute atomic E-state index is 10.4. The summed E-state index contributed by atoms with van der Waals surface area (Å²) in [6, 6.07) is 19.7. The van der Waals surface area contributed by atoms with E-state index in [0.29, 0.717) is 0 Å². The van der Waals surface area contributed by atoms with Gasteiger partial charge in [-0.05, 0) is 30.7 Å². The van der Waals surface area contributed by atoms with Gasteiger partial charge in [0.15, 0.2) is 5.71 Å². The summed E-state index contributed by atoms with van der Waals surface area (Å²) in [5.41, 5.74) is 2.07. The SMILES string of the molecule is BrCC#Cc1ccccc1.CC(=NOCC=Cc1ccccc1)C(=O)O. The van der Waals surface area contributed by atoms with Crippen LogP contribution in [0.2, 0.25) is 0 Å². The number of carboxylic acids is 1. The van der Waals surface area contributed by atoms with Crippen LogP contribution in [-0.4, -0.2) is 28.7 Å². The van der Waals surface area contributed by atoms with Crippen LogP contribution in [0, 0.1) is 11.8 Å². The van der Waals surface area contributed by atoms with Gasteiger partial charge in [-0.1, -0.05) is 87.5 Å². The molecule has 0 amide bonds. The molecule has 0 saturated heterocycles. The van der Waals surface area contributed by atoms with Gasteiger partial charge in [0.25, 0.3) is 0 Å². The minimum Gasteiger partial charge on any atom is -0.477 e. The number of oxime groups is 1. The van der Waals surface area contributed by atoms with Gasteiger partial charge < -0.3 is 9.94 Å². The Bertz CT molecular complexity index is 775. The zero-order chi connectivity index (χ0) is 19.0. The lowest BCUT2D eigenvalue weighted by Gasteiger charge is -1.95. The lowest BCUT2D eigenvalue weighted by Crippen LogP contribution is -2.08. The number of carbonyl (C=O) groups is 1. The molecule has 0 bridgehead atoms. The smallest absolute Gasteiger partial charge is 0.353 e. The van der Waals surface area contributed by atoms with Crippen molar-refractivity contribution in [3.63, 3.8) is 0 Å². The molecule has 26 heavy (non-hydrogen) atoms. The van der Waals surface area contributed by atoms with Crippen LogP contribution < -0.4 is 0 Å². The van der Waals surface area contributed by atoms with Crippen molar-refractivity contribution < 1.29 is 14.7 Å². The van der Waals surface area contributed by atoms with Crippen LogP contribution in [0.4, 0.5) is 0 Å². The van der Waals surface area contributed by atoms with Crippen LogP contribution in [0.5, 0.6) is 0 Å². The van der Waals surface area contributed by atoms with Gasteiger partial charge in [-0.25, -0.2) is 4.79 Å². The van der Waals surface area contributed by atoms with Gasteiger partial charge in [-0.2, -0.15) is 0 Å². The third kappa shape index (κ3) is 10.1. The number of carboxylic acid groups (broad SMARTS) is 1. The minimum atomic E-state index is -1.08. The molecule has 0 fully saturated rings. The fourth-order valence-electron chi connectivity index (χ4n) is 1.62. The maximum Gasteiger partial charge on any atom is 0.353 e. The van der Waals surface area contributed by atoms with Gasteiger partial charge in [0.05, 0.1) is 5.33 Å². The van der Waals surface area contributed by atoms with Crippen molar-refractivity contribution in [1.29, 1.82) is 0 Å². The average molecular weight is 414 g/mol. The van der Waals surface area contributed by atoms with Gasteiger partial charge >= 0.3 is 5.97 Å². The normalized spacial score (nSPS) is 10.3. The largest absolute Gasteiger partial charge is 0.477 e. The summed E-state index contributed by atoms with van der Waals surface area (Å²) in [5.74, 6) is 4.85. The summed E-state index contributed by atoms with van der Waals surface area (Å²) in [6.07, 6.45) is 3.65. The first-order valence-corrected chi connectivity index (χ1v) is 8.97. The predicted molar refractivity (Wildman–Crippen MR) is 109 cm³/mol. The highest BCUT2D eigenvalue weighted by Crippen LogP contribution is 2.00. The third-order valence-corrected chi connectivity index (χ3v) is 3.15. The number of hydrogen-bond donors (Lipinski definition) is 1. The van der Waals surface area contributed by atoms with Gasteiger partial charge in [-0.15, -0.1) is 0 Å². The number of rotatable bonds is 5. The second kappa shape index (κ2) is 13.5. The molecule has 0 saturated carbocycles. The van der Waals surface area contributed by atoms with Gasteiger partial charge in [0.1, 0.15) is 6.61 Å². The Balaban J connectivity index is 0.000000289. The predicted octanol–water partition coefficient (Wildman–Crippen LogP) is 4.61. The second-order valence-electron chi connectivity index (χ2n) is 4.89. The molecule has 2 rings (SSSR count). The molecule has 0 aromatic heterocycles. The monoisotopic (exact) mass is 413 g/mol. The van der Waals surface area contributed by atoms with E-state index < -0.39 is 5.97 Å². The number of hydrogen-bond acceptors (Lipinski definition) is 3. The number of alkyl halides is 1. The lowest BCUT2D eigenvalue weighted by atomic mass is 10.2. The van der Waals surface area contributed by atoms with Crippen molar-refractivity contribution in [3.8, 4) is 11.8 Å². The molecule has 2 aromatic carbocycles. The molecule has 0 aliphatic rings. The molecule has 0 heterocycles. The molecule has 134 valence electrons. The molecular weight excluding hydrogens is 394 g/mol. The molecule has 0 radical (unpaired) electrons. The lowest BCUT2D eigenvalue weighted by molar-refractivity contribution is -0.129. The van der Waals surface area contributed by atoms with E-state index in [1.165, 1.54) is 6.92 Å². The minimum absolute atomic E-state index is 0.0619. The van der Waals surface area contributed by atoms with E-state index in [1.807, 2.05) is 66.7 Å². The Kier molecular flexibility index (Phi) is 11.0. The summed E-state index contributed by atoms with van der Waals surface area (Å²) in [6.45, 7) is 1.63. The Morgan fingerprint density at radius 2 is 1.77 bits per heavy atom. The van der Waals surface area contributed by atoms with Gasteiger partial charge in [0, 0.05) is 5.56 Å². The van der Waals surface area contributed by atoms with E-state index in [4.69, 9.17) is 9.94 Å². The van der Waals surface area contributed by atoms with Gasteiger partial charge in [0.2, 0.25) is 0 Å². The summed E-state index contributed by atoms with van der Waals surface area (Å²) >= 11 is 3.23. The van der Waals surface area contributed by atoms with Crippen molar-refractivity contribution in [3.05, 3.63) is 77.9 Å². The number of nitrogens with zero attached hydrogens (tertiary/aromatic N) is 1. The highest BCUT2D eigenvalue weighted by atomic mass is 79.9. The summed E-state index contributed by atoms with van der Waals surface area (Å²) in [4.78, 5) is 15.2. The van der Waals surface area contributed by atoms with Crippen molar-refractivity contribution in [2.75, 3.05) is 11.9 Å². The first kappa shape index (κ1) is 21.2. The molecule has 0 unspecified atom stereocenters. The highest BCUT2D eigenvalue weighted by Gasteiger charge is 2.00. The van der Waals surface area contributed by atoms with Crippen LogP contribution in [0.25, 0.3) is 6.08 Å². The summed E-state index contributed by atoms with van der Waals surface area (Å²) in [5, 5.41) is 12.6. The average Bonchev–Trinajstić information content (AvgIpc) is 2.68. The molecule has 0 aliphatic carbocycles. The van der Waals surface area contributed by atoms with E-state index in [-0.39, 0.29) is 12.3 Å². The van der Waals surface area contributed by atoms with Gasteiger partial charge in [-0.3, -0.25) is 0 Å². The molecule has 4 nitrogen and oxygen atoms in total. The van der Waals surface area contributed by atoms with Crippen LogP contribution in [0.1, 0.15) is 18.1 Å². The van der Waals surface area contributed by atoms with E-state index in [0.717, 1.165) is 16.5 Å². The Hall–Kier alpha value is -2.84. The standard InChI is InChI=1S/C12H13NO3.C9H7Br/c1-10(12(14)15)13-16-9-5-8-11-6-3-2-4-7-11;10-8-4-7-9-5-2-1-3-6-9/h2-8H,9H2,1H3,(H,14,15);1-3,5-6H,8H2. The molecule has 5 heteroatoms. The van der Waals surface area contributed by atoms with Crippen LogP contribution in [0.15, 0.2) is 71.9 Å². The Morgan fingerprint density at radius 1 is 1.15 bits per heavy atom. The fraction of sp³-hybridized carbons (Fsp3) is 0.143. The van der Waals surface area contributed by atoms with Crippen molar-refractivity contribution >= 4 is 33.7 Å². The maximum atomic E-state index is 10.4. The molecule has 0 spiro atoms. The zero-order valence-electron chi connectivity index (χ0n) is 14.4. The summed E-state index contributed by atoms with van der Waals surface area (Å²) < 4.78 is 0. The Labute approximate surface area is 162 Å². The molecule has 0 aliphatic heterocycles. The van der Waals surface area contributed by atoms with E-state index in [2.05, 4.69) is 32.9 Å². The molecule has 1 N–H and O–H groups in total. The zero-order valence-corrected chi connectivity index (χ0v) is 16.0. The number of benzene rings is 2. The first-order valence-electron chi connectivity index (χ1n) is 7.85. The van der Waals surface area contributed by atoms with Crippen LogP contribution >= 0.6 is 15.9 Å². The van der Waals surface area contributed by atoms with Crippen LogP contribution in [0.3, 0.4) is 0 Å². The van der Waals surface area contributed by atoms with Crippen molar-refractivity contribution in [2.45, 2.75) is 6.92 Å². The molecule has 2 aromatic rings. The van der Waals surface area contributed by atoms with E-state index in [1.54, 1.807) is 6.08 Å². The third-order valence-electron chi connectivity index (χ3n) is 2.86. The fourth-order valence-corrected chi connectivity index (χ4v) is 1.76. The van der Waals surface area contributed by atoms with E-state index >= 15 is 0 Å². The quantitative estimate of drug-likeness (QED) is 0.256. The van der Waals surface area contributed by atoms with E-state index in [9.17, 15) is 4.79 Å². The van der Waals surface area contributed by atoms with Crippen molar-refractivity contribution in [2.24, 2.45) is 5.16 Å². The topological polar surface area (TPSA) is 58.9 Å². The molecule has 0 atom stereocenters. The first-order chi connectivity index (χ1) is 12.6. The summed E-state index contributed by atoms with van der Waals surface area (Å²) in [7, 11) is 0. The highest BCUT2D eigenvalue weighted by molar-refractivity contribution is 9.09. The Morgan fingerprint density at radius 3 is 2.35 bits per heavy atom. The van der Waals surface area contributed by atoms with Crippen molar-refractivity contribution in [1.82, 2.24) is 0 Å². The number of aliphatic carboxylic acids is 1. The van der Waals surface area contributed by atoms with Crippen LogP contribution in [-0.2, 0) is 9.63 Å².